The van der Waals surface area contributed by atoms with E-state index in [4.69, 9.17) is 0 Å². The Hall–Kier alpha value is -0.330. The van der Waals surface area contributed by atoms with Gasteiger partial charge in [-0.05, 0) is 24.7 Å². The number of carbonyl (C=O) groups is 1. The topological polar surface area (TPSA) is 17.1 Å². The highest BCUT2D eigenvalue weighted by Gasteiger charge is 2.30. The molecule has 0 bridgehead atoms. The van der Waals surface area contributed by atoms with E-state index in [2.05, 4.69) is 0 Å². The zero-order chi connectivity index (χ0) is 7.68. The fourth-order valence-corrected chi connectivity index (χ4v) is 2.67. The predicted molar refractivity (Wildman–Crippen MR) is 44.3 cm³/mol. The zero-order valence-corrected chi connectivity index (χ0v) is 7.01. The van der Waals surface area contributed by atoms with Crippen molar-refractivity contribution < 1.29 is 4.79 Å². The Morgan fingerprint density at radius 3 is 2.55 bits per heavy atom. The lowest BCUT2D eigenvalue weighted by atomic mass is 9.71. The van der Waals surface area contributed by atoms with Gasteiger partial charge in [-0.15, -0.1) is 0 Å². The van der Waals surface area contributed by atoms with Gasteiger partial charge in [0.25, 0.3) is 0 Å². The summed E-state index contributed by atoms with van der Waals surface area (Å²) < 4.78 is 0. The molecule has 0 aromatic rings. The van der Waals surface area contributed by atoms with Crippen LogP contribution in [0.15, 0.2) is 0 Å². The molecular weight excluding hydrogens is 136 g/mol. The van der Waals surface area contributed by atoms with Crippen LogP contribution in [0.25, 0.3) is 0 Å². The second kappa shape index (κ2) is 2.96. The van der Waals surface area contributed by atoms with Gasteiger partial charge in [-0.3, -0.25) is 4.79 Å². The summed E-state index contributed by atoms with van der Waals surface area (Å²) in [6.45, 7) is 0. The molecule has 2 fully saturated rings. The lowest BCUT2D eigenvalue weighted by molar-refractivity contribution is -0.123. The molecule has 0 amide bonds. The van der Waals surface area contributed by atoms with Gasteiger partial charge in [0.2, 0.25) is 0 Å². The molecule has 0 N–H and O–H groups in total. The van der Waals surface area contributed by atoms with Gasteiger partial charge in [0, 0.05) is 12.8 Å². The van der Waals surface area contributed by atoms with Crippen molar-refractivity contribution in [3.63, 3.8) is 0 Å². The van der Waals surface area contributed by atoms with Gasteiger partial charge in [0.05, 0.1) is 0 Å². The molecule has 2 rings (SSSR count). The zero-order valence-electron chi connectivity index (χ0n) is 7.01. The van der Waals surface area contributed by atoms with E-state index >= 15 is 0 Å². The minimum atomic E-state index is 0.521. The number of fused-ring (bicyclic) bond motifs is 1. The minimum Gasteiger partial charge on any atom is -0.300 e. The minimum absolute atomic E-state index is 0.521. The highest BCUT2D eigenvalue weighted by Crippen LogP contribution is 2.38. The van der Waals surface area contributed by atoms with Crippen molar-refractivity contribution in [2.45, 2.75) is 44.9 Å². The number of rotatable bonds is 0. The number of Topliss-reactive ketones (excluding diaryl/α,β-unsaturated/α-hetero) is 1. The average molecular weight is 152 g/mol. The summed E-state index contributed by atoms with van der Waals surface area (Å²) >= 11 is 0. The van der Waals surface area contributed by atoms with Crippen molar-refractivity contribution in [3.05, 3.63) is 0 Å². The molecule has 11 heavy (non-hydrogen) atoms. The van der Waals surface area contributed by atoms with E-state index in [9.17, 15) is 4.79 Å². The fraction of sp³-hybridized carbons (Fsp3) is 0.900. The highest BCUT2D eigenvalue weighted by molar-refractivity contribution is 5.79. The summed E-state index contributed by atoms with van der Waals surface area (Å²) in [4.78, 5) is 11.1. The molecule has 0 aliphatic heterocycles. The van der Waals surface area contributed by atoms with Gasteiger partial charge in [0.1, 0.15) is 5.78 Å². The predicted octanol–water partition coefficient (Wildman–Crippen LogP) is 2.55. The lowest BCUT2D eigenvalue weighted by Crippen LogP contribution is -2.27. The molecule has 0 heterocycles. The molecule has 1 heteroatoms. The van der Waals surface area contributed by atoms with Crippen molar-refractivity contribution in [1.82, 2.24) is 0 Å². The molecular formula is C10H16O. The van der Waals surface area contributed by atoms with Crippen LogP contribution in [0, 0.1) is 11.8 Å². The Kier molecular flexibility index (Phi) is 1.97. The number of hydrogen-bond acceptors (Lipinski definition) is 1. The van der Waals surface area contributed by atoms with E-state index in [1.807, 2.05) is 0 Å². The van der Waals surface area contributed by atoms with Crippen LogP contribution in [0.2, 0.25) is 0 Å². The average Bonchev–Trinajstić information content (AvgIpc) is 2.04. The molecule has 2 atom stereocenters. The summed E-state index contributed by atoms with van der Waals surface area (Å²) in [6.07, 6.45) is 8.49. The van der Waals surface area contributed by atoms with Gasteiger partial charge in [0.15, 0.2) is 0 Å². The Balaban J connectivity index is 1.98. The van der Waals surface area contributed by atoms with E-state index in [0.29, 0.717) is 5.78 Å². The van der Waals surface area contributed by atoms with Crippen LogP contribution in [-0.4, -0.2) is 5.78 Å². The van der Waals surface area contributed by atoms with Crippen molar-refractivity contribution in [3.8, 4) is 0 Å². The Morgan fingerprint density at radius 2 is 1.73 bits per heavy atom. The largest absolute Gasteiger partial charge is 0.300 e. The van der Waals surface area contributed by atoms with Gasteiger partial charge < -0.3 is 0 Å². The van der Waals surface area contributed by atoms with Crippen molar-refractivity contribution in [1.29, 1.82) is 0 Å². The number of hydrogen-bond donors (Lipinski definition) is 0. The van der Waals surface area contributed by atoms with Gasteiger partial charge in [-0.2, -0.15) is 0 Å². The van der Waals surface area contributed by atoms with Crippen LogP contribution in [-0.2, 0) is 4.79 Å². The third kappa shape index (κ3) is 1.47. The molecule has 1 nitrogen and oxygen atoms in total. The standard InChI is InChI=1S/C10H16O/c11-10-6-5-8-3-1-2-4-9(8)7-10/h8-9H,1-7H2/t8-,9?/m0/s1. The third-order valence-corrected chi connectivity index (χ3v) is 3.35. The van der Waals surface area contributed by atoms with Crippen LogP contribution in [0.1, 0.15) is 44.9 Å². The Morgan fingerprint density at radius 1 is 1.00 bits per heavy atom. The maximum absolute atomic E-state index is 11.1. The fourth-order valence-electron chi connectivity index (χ4n) is 2.67. The number of carbonyl (C=O) groups excluding carboxylic acids is 1. The molecule has 2 saturated carbocycles. The summed E-state index contributed by atoms with van der Waals surface area (Å²) in [6, 6.07) is 0. The SMILES string of the molecule is O=C1CC[C@@H]2CCCCC2C1. The second-order valence-electron chi connectivity index (χ2n) is 4.09. The van der Waals surface area contributed by atoms with Crippen molar-refractivity contribution in [2.75, 3.05) is 0 Å². The lowest BCUT2D eigenvalue weighted by Gasteiger charge is -2.34. The van der Waals surface area contributed by atoms with Crippen LogP contribution in [0.4, 0.5) is 0 Å². The Bertz CT molecular complexity index is 162. The van der Waals surface area contributed by atoms with Crippen LogP contribution >= 0.6 is 0 Å². The monoisotopic (exact) mass is 152 g/mol. The molecule has 0 aromatic carbocycles. The van der Waals surface area contributed by atoms with Crippen LogP contribution in [0.3, 0.4) is 0 Å². The maximum atomic E-state index is 11.1. The van der Waals surface area contributed by atoms with E-state index in [1.54, 1.807) is 0 Å². The molecule has 0 radical (unpaired) electrons. The third-order valence-electron chi connectivity index (χ3n) is 3.35. The molecule has 1 unspecified atom stereocenters. The molecule has 0 aromatic heterocycles. The van der Waals surface area contributed by atoms with E-state index < -0.39 is 0 Å². The molecule has 0 spiro atoms. The van der Waals surface area contributed by atoms with Crippen molar-refractivity contribution in [2.24, 2.45) is 11.8 Å². The molecule has 62 valence electrons. The first-order chi connectivity index (χ1) is 5.36. The Labute approximate surface area is 68.2 Å². The van der Waals surface area contributed by atoms with Crippen molar-refractivity contribution >= 4 is 5.78 Å². The van der Waals surface area contributed by atoms with E-state index in [-0.39, 0.29) is 0 Å². The first kappa shape index (κ1) is 7.33. The van der Waals surface area contributed by atoms with E-state index in [1.165, 1.54) is 32.1 Å². The highest BCUT2D eigenvalue weighted by atomic mass is 16.1. The normalized spacial score (nSPS) is 38.4. The number of ketones is 1. The molecule has 2 aliphatic carbocycles. The van der Waals surface area contributed by atoms with Gasteiger partial charge in [-0.1, -0.05) is 19.3 Å². The van der Waals surface area contributed by atoms with Gasteiger partial charge >= 0.3 is 0 Å². The van der Waals surface area contributed by atoms with Crippen LogP contribution in [0.5, 0.6) is 0 Å². The first-order valence-electron chi connectivity index (χ1n) is 4.88. The second-order valence-corrected chi connectivity index (χ2v) is 4.09. The van der Waals surface area contributed by atoms with Gasteiger partial charge in [-0.25, -0.2) is 0 Å². The quantitative estimate of drug-likeness (QED) is 0.521. The van der Waals surface area contributed by atoms with Crippen LogP contribution < -0.4 is 0 Å². The van der Waals surface area contributed by atoms with E-state index in [0.717, 1.165) is 24.7 Å². The summed E-state index contributed by atoms with van der Waals surface area (Å²) in [7, 11) is 0. The smallest absolute Gasteiger partial charge is 0.133 e. The molecule has 0 saturated heterocycles. The maximum Gasteiger partial charge on any atom is 0.133 e. The summed E-state index contributed by atoms with van der Waals surface area (Å²) in [5.41, 5.74) is 0. The summed E-state index contributed by atoms with van der Waals surface area (Å²) in [5.74, 6) is 2.22. The summed E-state index contributed by atoms with van der Waals surface area (Å²) in [5, 5.41) is 0. The first-order valence-corrected chi connectivity index (χ1v) is 4.88. The molecule has 2 aliphatic rings.